The van der Waals surface area contributed by atoms with Crippen molar-refractivity contribution in [2.45, 2.75) is 39.5 Å². The summed E-state index contributed by atoms with van der Waals surface area (Å²) in [6.07, 6.45) is 3.14. The monoisotopic (exact) mass is 496 g/mol. The number of nitrogens with one attached hydrogen (secondary N) is 1. The van der Waals surface area contributed by atoms with Gasteiger partial charge in [-0.2, -0.15) is 0 Å². The number of hydrogen-bond acceptors (Lipinski definition) is 6. The first-order chi connectivity index (χ1) is 16.6. The number of nitrogens with zero attached hydrogens (tertiary/aromatic N) is 1. The maximum absolute atomic E-state index is 12.2. The van der Waals surface area contributed by atoms with Crippen LogP contribution in [-0.4, -0.2) is 37.3 Å². The van der Waals surface area contributed by atoms with Crippen LogP contribution in [0.25, 0.3) is 11.5 Å². The Kier molecular flexibility index (Phi) is 9.94. The number of carbonyl (C=O) groups is 1. The molecule has 1 aliphatic heterocycles. The predicted octanol–water partition coefficient (Wildman–Crippen LogP) is 5.48. The van der Waals surface area contributed by atoms with E-state index in [1.54, 1.807) is 0 Å². The number of oxazole rings is 1. The minimum atomic E-state index is -0.166. The lowest BCUT2D eigenvalue weighted by atomic mass is 9.95. The molecule has 4 rings (SSSR count). The first-order valence-corrected chi connectivity index (χ1v) is 12.0. The highest BCUT2D eigenvalue weighted by molar-refractivity contribution is 5.89. The lowest BCUT2D eigenvalue weighted by Gasteiger charge is -2.20. The number of benzene rings is 2. The van der Waals surface area contributed by atoms with Crippen LogP contribution in [0.4, 0.5) is 0 Å². The summed E-state index contributed by atoms with van der Waals surface area (Å²) in [4.78, 5) is 16.9. The summed E-state index contributed by atoms with van der Waals surface area (Å²) in [5, 5.41) is 3.36. The van der Waals surface area contributed by atoms with Gasteiger partial charge in [0.15, 0.2) is 0 Å². The van der Waals surface area contributed by atoms with Gasteiger partial charge in [-0.3, -0.25) is 0 Å². The molecule has 0 aliphatic carbocycles. The van der Waals surface area contributed by atoms with E-state index in [0.29, 0.717) is 25.5 Å². The van der Waals surface area contributed by atoms with E-state index < -0.39 is 0 Å². The molecule has 7 heteroatoms. The van der Waals surface area contributed by atoms with E-state index >= 15 is 0 Å². The number of hydrogen-bond donors (Lipinski definition) is 1. The standard InChI is InChI=1S/C28H32N2O4.ClH/c1-3-32-28(31)25-15-17-29-19-23(25)12-9-21-10-13-24(14-11-21)33-18-16-26-20(2)34-27(30-26)22-7-5-4-6-8-22;/h4-8,10-11,13-14,29H,3,9,12,15-19H2,1-2H3;1H. The third kappa shape index (κ3) is 7.20. The Hall–Kier alpha value is -3.09. The molecule has 6 nitrogen and oxygen atoms in total. The Labute approximate surface area is 213 Å². The molecule has 2 heterocycles. The van der Waals surface area contributed by atoms with Crippen LogP contribution in [0.3, 0.4) is 0 Å². The van der Waals surface area contributed by atoms with Crippen molar-refractivity contribution in [2.24, 2.45) is 0 Å². The van der Waals surface area contributed by atoms with Crippen LogP contribution in [0.1, 0.15) is 36.8 Å². The Morgan fingerprint density at radius 2 is 1.83 bits per heavy atom. The first-order valence-electron chi connectivity index (χ1n) is 12.0. The second-order valence-electron chi connectivity index (χ2n) is 8.36. The van der Waals surface area contributed by atoms with E-state index in [4.69, 9.17) is 13.9 Å². The highest BCUT2D eigenvalue weighted by Crippen LogP contribution is 2.23. The van der Waals surface area contributed by atoms with Gasteiger partial charge in [0, 0.05) is 24.1 Å². The number of aromatic nitrogens is 1. The van der Waals surface area contributed by atoms with Crippen molar-refractivity contribution in [2.75, 3.05) is 26.3 Å². The largest absolute Gasteiger partial charge is 0.493 e. The van der Waals surface area contributed by atoms with Crippen LogP contribution in [0.2, 0.25) is 0 Å². The molecule has 0 amide bonds. The van der Waals surface area contributed by atoms with Crippen molar-refractivity contribution >= 4 is 18.4 Å². The lowest BCUT2D eigenvalue weighted by molar-refractivity contribution is -0.138. The Morgan fingerprint density at radius 1 is 1.06 bits per heavy atom. The van der Waals surface area contributed by atoms with Crippen LogP contribution in [0.15, 0.2) is 70.2 Å². The van der Waals surface area contributed by atoms with E-state index in [1.807, 2.05) is 56.3 Å². The molecule has 3 aromatic rings. The van der Waals surface area contributed by atoms with Gasteiger partial charge < -0.3 is 19.2 Å². The van der Waals surface area contributed by atoms with Crippen molar-refractivity contribution in [1.82, 2.24) is 10.3 Å². The van der Waals surface area contributed by atoms with E-state index in [-0.39, 0.29) is 18.4 Å². The molecule has 186 valence electrons. The average molecular weight is 497 g/mol. The molecule has 1 aliphatic rings. The van der Waals surface area contributed by atoms with E-state index in [0.717, 1.165) is 66.3 Å². The fraction of sp³-hybridized carbons (Fsp3) is 0.357. The van der Waals surface area contributed by atoms with Crippen molar-refractivity contribution in [1.29, 1.82) is 0 Å². The Morgan fingerprint density at radius 3 is 2.57 bits per heavy atom. The molecular formula is C28H33ClN2O4. The fourth-order valence-corrected chi connectivity index (χ4v) is 4.12. The second-order valence-corrected chi connectivity index (χ2v) is 8.36. The lowest BCUT2D eigenvalue weighted by Crippen LogP contribution is -2.28. The molecule has 0 radical (unpaired) electrons. The molecule has 1 aromatic heterocycles. The van der Waals surface area contributed by atoms with Gasteiger partial charge in [-0.25, -0.2) is 9.78 Å². The first kappa shape index (κ1) is 26.5. The molecule has 2 aromatic carbocycles. The number of aryl methyl sites for hydroxylation is 2. The SMILES string of the molecule is CCOC(=O)C1=C(CCc2ccc(OCCc3nc(-c4ccccc4)oc3C)cc2)CNCC1.Cl. The van der Waals surface area contributed by atoms with Gasteiger partial charge in [0.1, 0.15) is 11.5 Å². The topological polar surface area (TPSA) is 73.6 Å². The van der Waals surface area contributed by atoms with Crippen molar-refractivity contribution in [3.05, 3.63) is 82.8 Å². The van der Waals surface area contributed by atoms with Crippen LogP contribution >= 0.6 is 12.4 Å². The molecule has 1 N–H and O–H groups in total. The van der Waals surface area contributed by atoms with Gasteiger partial charge in [0.25, 0.3) is 0 Å². The quantitative estimate of drug-likeness (QED) is 0.375. The third-order valence-corrected chi connectivity index (χ3v) is 6.00. The highest BCUT2D eigenvalue weighted by atomic mass is 35.5. The summed E-state index contributed by atoms with van der Waals surface area (Å²) in [5.74, 6) is 2.14. The predicted molar refractivity (Wildman–Crippen MR) is 139 cm³/mol. The van der Waals surface area contributed by atoms with Crippen LogP contribution in [0, 0.1) is 6.92 Å². The van der Waals surface area contributed by atoms with Crippen molar-refractivity contribution in [3.63, 3.8) is 0 Å². The van der Waals surface area contributed by atoms with Gasteiger partial charge >= 0.3 is 5.97 Å². The van der Waals surface area contributed by atoms with E-state index in [1.165, 1.54) is 5.56 Å². The summed E-state index contributed by atoms with van der Waals surface area (Å²) >= 11 is 0. The normalized spacial score (nSPS) is 13.3. The Balaban J connectivity index is 0.00000342. The van der Waals surface area contributed by atoms with Crippen LogP contribution in [0.5, 0.6) is 5.75 Å². The van der Waals surface area contributed by atoms with E-state index in [2.05, 4.69) is 22.4 Å². The number of halogens is 1. The molecular weight excluding hydrogens is 464 g/mol. The highest BCUT2D eigenvalue weighted by Gasteiger charge is 2.19. The molecule has 0 fully saturated rings. The van der Waals surface area contributed by atoms with E-state index in [9.17, 15) is 4.79 Å². The van der Waals surface area contributed by atoms with Crippen molar-refractivity contribution in [3.8, 4) is 17.2 Å². The summed E-state index contributed by atoms with van der Waals surface area (Å²) in [6.45, 7) is 6.30. The minimum Gasteiger partial charge on any atom is -0.493 e. The zero-order chi connectivity index (χ0) is 23.8. The third-order valence-electron chi connectivity index (χ3n) is 6.00. The second kappa shape index (κ2) is 13.1. The molecule has 0 saturated carbocycles. The molecule has 0 saturated heterocycles. The molecule has 0 bridgehead atoms. The summed E-state index contributed by atoms with van der Waals surface area (Å²) in [6, 6.07) is 18.1. The smallest absolute Gasteiger partial charge is 0.334 e. The van der Waals surface area contributed by atoms with Crippen molar-refractivity contribution < 1.29 is 18.7 Å². The molecule has 0 unspecified atom stereocenters. The number of ether oxygens (including phenoxy) is 2. The number of rotatable bonds is 10. The molecule has 0 spiro atoms. The summed E-state index contributed by atoms with van der Waals surface area (Å²) in [5.41, 5.74) is 5.11. The van der Waals surface area contributed by atoms with Gasteiger partial charge in [-0.05, 0) is 75.1 Å². The van der Waals surface area contributed by atoms with Gasteiger partial charge in [0.05, 0.1) is 18.9 Å². The fourth-order valence-electron chi connectivity index (χ4n) is 4.12. The minimum absolute atomic E-state index is 0. The molecule has 35 heavy (non-hydrogen) atoms. The zero-order valence-electron chi connectivity index (χ0n) is 20.3. The number of esters is 1. The molecule has 0 atom stereocenters. The van der Waals surface area contributed by atoms with Gasteiger partial charge in [-0.1, -0.05) is 30.3 Å². The van der Waals surface area contributed by atoms with Crippen LogP contribution in [-0.2, 0) is 22.4 Å². The number of carbonyl (C=O) groups excluding carboxylic acids is 1. The van der Waals surface area contributed by atoms with Gasteiger partial charge in [-0.15, -0.1) is 12.4 Å². The Bertz CT molecular complexity index is 1120. The maximum Gasteiger partial charge on any atom is 0.334 e. The van der Waals surface area contributed by atoms with Crippen LogP contribution < -0.4 is 10.1 Å². The zero-order valence-corrected chi connectivity index (χ0v) is 21.2. The summed E-state index contributed by atoms with van der Waals surface area (Å²) in [7, 11) is 0. The van der Waals surface area contributed by atoms with Gasteiger partial charge in [0.2, 0.25) is 5.89 Å². The average Bonchev–Trinajstić information content (AvgIpc) is 3.25. The summed E-state index contributed by atoms with van der Waals surface area (Å²) < 4.78 is 17.0. The maximum atomic E-state index is 12.2.